The van der Waals surface area contributed by atoms with Crippen LogP contribution in [0.15, 0.2) is 28.8 Å². The van der Waals surface area contributed by atoms with Gasteiger partial charge in [-0.15, -0.1) is 0 Å². The molecule has 0 aliphatic carbocycles. The summed E-state index contributed by atoms with van der Waals surface area (Å²) in [4.78, 5) is 4.42. The number of nitrogens with zero attached hydrogens (tertiary/aromatic N) is 2. The Labute approximate surface area is 105 Å². The van der Waals surface area contributed by atoms with Crippen LogP contribution in [0.1, 0.15) is 17.4 Å². The number of nitrogens with one attached hydrogen (secondary N) is 1. The number of benzene rings is 1. The van der Waals surface area contributed by atoms with Crippen molar-refractivity contribution in [3.63, 3.8) is 0 Å². The lowest BCUT2D eigenvalue weighted by Crippen LogP contribution is -2.35. The van der Waals surface area contributed by atoms with E-state index in [1.54, 1.807) is 0 Å². The molecule has 0 bridgehead atoms. The number of ether oxygens (including phenoxy) is 1. The number of hydrogen-bond donors (Lipinski definition) is 1. The quantitative estimate of drug-likeness (QED) is 0.872. The van der Waals surface area contributed by atoms with E-state index in [0.29, 0.717) is 18.3 Å². The minimum atomic E-state index is 0.0288. The van der Waals surface area contributed by atoms with Crippen molar-refractivity contribution in [3.05, 3.63) is 35.7 Å². The lowest BCUT2D eigenvalue weighted by Gasteiger charge is -2.20. The van der Waals surface area contributed by atoms with Gasteiger partial charge in [-0.25, -0.2) is 0 Å². The Morgan fingerprint density at radius 2 is 2.33 bits per heavy atom. The summed E-state index contributed by atoms with van der Waals surface area (Å²) in [6, 6.07) is 8.05. The Balaban J connectivity index is 1.84. The summed E-state index contributed by atoms with van der Waals surface area (Å²) >= 11 is 0. The highest BCUT2D eigenvalue weighted by molar-refractivity contribution is 5.53. The zero-order valence-corrected chi connectivity index (χ0v) is 10.2. The second-order valence-electron chi connectivity index (χ2n) is 4.41. The molecule has 5 nitrogen and oxygen atoms in total. The molecule has 0 amide bonds. The van der Waals surface area contributed by atoms with Gasteiger partial charge < -0.3 is 14.6 Å². The fourth-order valence-corrected chi connectivity index (χ4v) is 2.00. The predicted octanol–water partition coefficient (Wildman–Crippen LogP) is 1.71. The van der Waals surface area contributed by atoms with Crippen molar-refractivity contribution in [2.45, 2.75) is 13.0 Å². The van der Waals surface area contributed by atoms with Crippen LogP contribution in [0.25, 0.3) is 11.5 Å². The number of aryl methyl sites for hydroxylation is 1. The second-order valence-corrected chi connectivity index (χ2v) is 4.41. The van der Waals surface area contributed by atoms with Gasteiger partial charge in [-0.05, 0) is 19.1 Å². The Bertz CT molecular complexity index is 533. The van der Waals surface area contributed by atoms with Crippen LogP contribution in [0, 0.1) is 6.92 Å². The molecule has 5 heteroatoms. The van der Waals surface area contributed by atoms with Crippen LogP contribution in [-0.2, 0) is 4.74 Å². The summed E-state index contributed by atoms with van der Waals surface area (Å²) in [7, 11) is 0. The topological polar surface area (TPSA) is 60.2 Å². The van der Waals surface area contributed by atoms with E-state index in [-0.39, 0.29) is 6.04 Å². The van der Waals surface area contributed by atoms with Crippen LogP contribution in [-0.4, -0.2) is 29.9 Å². The van der Waals surface area contributed by atoms with Gasteiger partial charge in [-0.1, -0.05) is 22.9 Å². The first-order valence-corrected chi connectivity index (χ1v) is 6.05. The molecule has 3 rings (SSSR count). The molecule has 1 aromatic heterocycles. The fourth-order valence-electron chi connectivity index (χ4n) is 2.00. The van der Waals surface area contributed by atoms with E-state index in [9.17, 15) is 0 Å². The molecule has 18 heavy (non-hydrogen) atoms. The largest absolute Gasteiger partial charge is 0.378 e. The minimum absolute atomic E-state index is 0.0288. The highest BCUT2D eigenvalue weighted by atomic mass is 16.5. The third kappa shape index (κ3) is 2.27. The van der Waals surface area contributed by atoms with E-state index < -0.39 is 0 Å². The summed E-state index contributed by atoms with van der Waals surface area (Å²) in [6.07, 6.45) is 0. The van der Waals surface area contributed by atoms with Crippen molar-refractivity contribution in [3.8, 4) is 11.5 Å². The minimum Gasteiger partial charge on any atom is -0.378 e. The molecule has 1 saturated heterocycles. The summed E-state index contributed by atoms with van der Waals surface area (Å²) < 4.78 is 10.7. The van der Waals surface area contributed by atoms with E-state index >= 15 is 0 Å². The van der Waals surface area contributed by atoms with Crippen LogP contribution in [0.2, 0.25) is 0 Å². The average Bonchev–Trinajstić information content (AvgIpc) is 2.89. The third-order valence-corrected chi connectivity index (χ3v) is 2.94. The van der Waals surface area contributed by atoms with Crippen molar-refractivity contribution in [1.82, 2.24) is 15.5 Å². The van der Waals surface area contributed by atoms with Crippen LogP contribution in [0.3, 0.4) is 0 Å². The summed E-state index contributed by atoms with van der Waals surface area (Å²) in [5.41, 5.74) is 2.12. The Hall–Kier alpha value is -1.72. The molecule has 1 aliphatic rings. The molecule has 1 atom stereocenters. The van der Waals surface area contributed by atoms with Gasteiger partial charge in [0.15, 0.2) is 5.82 Å². The van der Waals surface area contributed by atoms with E-state index in [1.165, 1.54) is 5.56 Å². The molecule has 0 radical (unpaired) electrons. The molecule has 1 aliphatic heterocycles. The number of morpholine rings is 1. The fraction of sp³-hybridized carbons (Fsp3) is 0.385. The van der Waals surface area contributed by atoms with Crippen LogP contribution < -0.4 is 5.32 Å². The maximum atomic E-state index is 5.39. The number of rotatable bonds is 2. The molecule has 0 saturated carbocycles. The Kier molecular flexibility index (Phi) is 3.08. The van der Waals surface area contributed by atoms with Crippen LogP contribution in [0.5, 0.6) is 0 Å². The molecule has 1 aromatic carbocycles. The molecule has 2 heterocycles. The SMILES string of the molecule is Cc1cccc(-c2nc([C@@H]3COCCN3)no2)c1. The van der Waals surface area contributed by atoms with E-state index in [2.05, 4.69) is 15.5 Å². The van der Waals surface area contributed by atoms with Gasteiger partial charge in [0.2, 0.25) is 0 Å². The van der Waals surface area contributed by atoms with Crippen LogP contribution >= 0.6 is 0 Å². The summed E-state index contributed by atoms with van der Waals surface area (Å²) in [5.74, 6) is 1.22. The normalized spacial score (nSPS) is 19.9. The smallest absolute Gasteiger partial charge is 0.257 e. The molecule has 0 spiro atoms. The highest BCUT2D eigenvalue weighted by Gasteiger charge is 2.21. The maximum Gasteiger partial charge on any atom is 0.257 e. The van der Waals surface area contributed by atoms with Gasteiger partial charge in [0.05, 0.1) is 19.3 Å². The van der Waals surface area contributed by atoms with Crippen molar-refractivity contribution >= 4 is 0 Å². The predicted molar refractivity (Wildman–Crippen MR) is 66.0 cm³/mol. The van der Waals surface area contributed by atoms with Gasteiger partial charge in [0, 0.05) is 12.1 Å². The first-order valence-electron chi connectivity index (χ1n) is 6.05. The van der Waals surface area contributed by atoms with Crippen molar-refractivity contribution in [2.75, 3.05) is 19.8 Å². The van der Waals surface area contributed by atoms with Crippen molar-refractivity contribution < 1.29 is 9.26 Å². The molecule has 2 aromatic rings. The first kappa shape index (κ1) is 11.4. The zero-order valence-electron chi connectivity index (χ0n) is 10.2. The van der Waals surface area contributed by atoms with Gasteiger partial charge in [-0.2, -0.15) is 4.98 Å². The van der Waals surface area contributed by atoms with Crippen molar-refractivity contribution in [1.29, 1.82) is 0 Å². The molecular formula is C13H15N3O2. The second kappa shape index (κ2) is 4.88. The Morgan fingerprint density at radius 1 is 1.39 bits per heavy atom. The molecule has 0 unspecified atom stereocenters. The monoisotopic (exact) mass is 245 g/mol. The van der Waals surface area contributed by atoms with Gasteiger partial charge in [-0.3, -0.25) is 0 Å². The molecule has 1 fully saturated rings. The highest BCUT2D eigenvalue weighted by Crippen LogP contribution is 2.21. The van der Waals surface area contributed by atoms with E-state index in [4.69, 9.17) is 9.26 Å². The van der Waals surface area contributed by atoms with Crippen LogP contribution in [0.4, 0.5) is 0 Å². The average molecular weight is 245 g/mol. The van der Waals surface area contributed by atoms with Crippen molar-refractivity contribution in [2.24, 2.45) is 0 Å². The Morgan fingerprint density at radius 3 is 3.11 bits per heavy atom. The first-order chi connectivity index (χ1) is 8.83. The van der Waals surface area contributed by atoms with Gasteiger partial charge >= 0.3 is 0 Å². The zero-order chi connectivity index (χ0) is 12.4. The lowest BCUT2D eigenvalue weighted by atomic mass is 10.1. The van der Waals surface area contributed by atoms with Gasteiger partial charge in [0.1, 0.15) is 0 Å². The van der Waals surface area contributed by atoms with E-state index in [0.717, 1.165) is 18.7 Å². The van der Waals surface area contributed by atoms with Gasteiger partial charge in [0.25, 0.3) is 5.89 Å². The summed E-state index contributed by atoms with van der Waals surface area (Å²) in [5, 5.41) is 7.32. The molecule has 1 N–H and O–H groups in total. The summed E-state index contributed by atoms with van der Waals surface area (Å²) in [6.45, 7) is 4.18. The number of aromatic nitrogens is 2. The maximum absolute atomic E-state index is 5.39. The lowest BCUT2D eigenvalue weighted by molar-refractivity contribution is 0.0734. The van der Waals surface area contributed by atoms with E-state index in [1.807, 2.05) is 31.2 Å². The number of hydrogen-bond acceptors (Lipinski definition) is 5. The molecule has 94 valence electrons. The molecular weight excluding hydrogens is 230 g/mol. The third-order valence-electron chi connectivity index (χ3n) is 2.94. The standard InChI is InChI=1S/C13H15N3O2/c1-9-3-2-4-10(7-9)13-15-12(16-18-13)11-8-17-6-5-14-11/h2-4,7,11,14H,5-6,8H2,1H3/t11-/m0/s1.